The molecule has 0 atom stereocenters. The molecule has 1 aromatic heterocycles. The van der Waals surface area contributed by atoms with E-state index in [0.29, 0.717) is 32.9 Å². The number of amides is 1. The van der Waals surface area contributed by atoms with E-state index < -0.39 is 11.4 Å². The quantitative estimate of drug-likeness (QED) is 0.474. The van der Waals surface area contributed by atoms with Crippen LogP contribution in [0.4, 0.5) is 0 Å². The lowest BCUT2D eigenvalue weighted by Crippen LogP contribution is -2.50. The normalized spacial score (nSPS) is 11.7. The summed E-state index contributed by atoms with van der Waals surface area (Å²) in [4.78, 5) is 16.4. The first kappa shape index (κ1) is 21.8. The first-order valence-electron chi connectivity index (χ1n) is 10.2. The van der Waals surface area contributed by atoms with Gasteiger partial charge < -0.3 is 19.8 Å². The van der Waals surface area contributed by atoms with E-state index in [-0.39, 0.29) is 0 Å². The Morgan fingerprint density at radius 3 is 2.67 bits per heavy atom. The van der Waals surface area contributed by atoms with Crippen molar-refractivity contribution in [2.24, 2.45) is 5.73 Å². The van der Waals surface area contributed by atoms with E-state index in [0.717, 1.165) is 28.2 Å². The van der Waals surface area contributed by atoms with Crippen LogP contribution in [-0.4, -0.2) is 34.2 Å². The van der Waals surface area contributed by atoms with Gasteiger partial charge in [0.15, 0.2) is 0 Å². The van der Waals surface area contributed by atoms with Crippen LogP contribution in [0.2, 0.25) is 0 Å². The number of nitrogens with zero attached hydrogens (tertiary/aromatic N) is 2. The third-order valence-corrected chi connectivity index (χ3v) is 5.01. The van der Waals surface area contributed by atoms with Gasteiger partial charge in [0.2, 0.25) is 5.91 Å². The molecule has 160 valence electrons. The Balaban J connectivity index is 1.84. The van der Waals surface area contributed by atoms with Crippen LogP contribution in [0.15, 0.2) is 48.5 Å². The molecule has 7 nitrogen and oxygen atoms in total. The largest absolute Gasteiger partial charge is 0.489 e. The molecule has 0 fully saturated rings. The van der Waals surface area contributed by atoms with Crippen LogP contribution in [0.1, 0.15) is 32.2 Å². The average Bonchev–Trinajstić information content (AvgIpc) is 3.08. The van der Waals surface area contributed by atoms with Gasteiger partial charge in [-0.25, -0.2) is 4.98 Å². The van der Waals surface area contributed by atoms with Crippen molar-refractivity contribution in [3.8, 4) is 5.75 Å². The van der Waals surface area contributed by atoms with Crippen LogP contribution in [0.3, 0.4) is 0 Å². The molecule has 7 heteroatoms. The van der Waals surface area contributed by atoms with E-state index in [2.05, 4.69) is 9.88 Å². The van der Waals surface area contributed by atoms with Crippen LogP contribution in [0.5, 0.6) is 5.75 Å². The predicted molar refractivity (Wildman–Crippen MR) is 117 cm³/mol. The number of hydrogen-bond acceptors (Lipinski definition) is 5. The maximum Gasteiger partial charge on any atom is 0.237 e. The Labute approximate surface area is 177 Å². The molecule has 2 aromatic carbocycles. The molecule has 0 radical (unpaired) electrons. The average molecular weight is 411 g/mol. The highest BCUT2D eigenvalue weighted by atomic mass is 16.5. The van der Waals surface area contributed by atoms with E-state index in [1.807, 2.05) is 55.5 Å². The molecular formula is C23H30N4O3. The summed E-state index contributed by atoms with van der Waals surface area (Å²) < 4.78 is 13.6. The zero-order valence-electron chi connectivity index (χ0n) is 17.9. The second-order valence-electron chi connectivity index (χ2n) is 7.64. The molecule has 3 N–H and O–H groups in total. The minimum atomic E-state index is -0.827. The number of aromatic nitrogens is 2. The molecule has 0 saturated carbocycles. The van der Waals surface area contributed by atoms with Crippen molar-refractivity contribution in [3.05, 3.63) is 59.9 Å². The number of primary amides is 1. The summed E-state index contributed by atoms with van der Waals surface area (Å²) in [5.41, 5.74) is 7.60. The van der Waals surface area contributed by atoms with Crippen molar-refractivity contribution in [1.29, 1.82) is 0 Å². The fourth-order valence-electron chi connectivity index (χ4n) is 3.05. The van der Waals surface area contributed by atoms with Crippen molar-refractivity contribution in [2.45, 2.75) is 46.0 Å². The summed E-state index contributed by atoms with van der Waals surface area (Å²) in [5.74, 6) is 1.19. The number of carbonyl (C=O) groups excluding carboxylic acids is 1. The molecule has 0 saturated heterocycles. The number of imidazole rings is 1. The number of rotatable bonds is 11. The van der Waals surface area contributed by atoms with E-state index in [4.69, 9.17) is 20.2 Å². The Kier molecular flexibility index (Phi) is 7.07. The van der Waals surface area contributed by atoms with Crippen LogP contribution in [0, 0.1) is 0 Å². The summed E-state index contributed by atoms with van der Waals surface area (Å²) in [6.45, 7) is 8.29. The van der Waals surface area contributed by atoms with Gasteiger partial charge in [0.05, 0.1) is 29.7 Å². The van der Waals surface area contributed by atoms with Crippen molar-refractivity contribution in [2.75, 3.05) is 13.2 Å². The molecule has 3 rings (SSSR count). The first-order valence-corrected chi connectivity index (χ1v) is 10.2. The van der Waals surface area contributed by atoms with E-state index in [1.165, 1.54) is 0 Å². The van der Waals surface area contributed by atoms with Crippen LogP contribution >= 0.6 is 0 Å². The lowest BCUT2D eigenvalue weighted by molar-refractivity contribution is -0.123. The van der Waals surface area contributed by atoms with E-state index >= 15 is 0 Å². The maximum absolute atomic E-state index is 11.6. The Morgan fingerprint density at radius 1 is 1.20 bits per heavy atom. The summed E-state index contributed by atoms with van der Waals surface area (Å²) in [5, 5.41) is 3.20. The topological polar surface area (TPSA) is 91.4 Å². The molecular weight excluding hydrogens is 380 g/mol. The Morgan fingerprint density at radius 2 is 1.97 bits per heavy atom. The van der Waals surface area contributed by atoms with Gasteiger partial charge >= 0.3 is 0 Å². The highest BCUT2D eigenvalue weighted by molar-refractivity contribution is 5.83. The van der Waals surface area contributed by atoms with Gasteiger partial charge in [0.25, 0.3) is 0 Å². The Hall–Kier alpha value is -2.90. The summed E-state index contributed by atoms with van der Waals surface area (Å²) in [6, 6.07) is 15.9. The van der Waals surface area contributed by atoms with Crippen molar-refractivity contribution < 1.29 is 14.3 Å². The van der Waals surface area contributed by atoms with Crippen LogP contribution in [-0.2, 0) is 29.2 Å². The fourth-order valence-corrected chi connectivity index (χ4v) is 3.05. The van der Waals surface area contributed by atoms with Gasteiger partial charge in [0, 0.05) is 19.2 Å². The van der Waals surface area contributed by atoms with E-state index in [1.54, 1.807) is 13.8 Å². The summed E-state index contributed by atoms with van der Waals surface area (Å²) in [7, 11) is 0. The van der Waals surface area contributed by atoms with Crippen LogP contribution in [0.25, 0.3) is 11.0 Å². The number of carbonyl (C=O) groups is 1. The van der Waals surface area contributed by atoms with E-state index in [9.17, 15) is 4.79 Å². The standard InChI is InChI=1S/C23H30N4O3/c1-4-29-13-12-27-20-14-18(30-16-17-8-6-5-7-9-17)10-11-19(20)26-21(27)15-25-23(2,3)22(24)28/h5-11,14,25H,4,12-13,15-16H2,1-3H3,(H2,24,28). The molecule has 0 aliphatic heterocycles. The number of hydrogen-bond donors (Lipinski definition) is 2. The van der Waals surface area contributed by atoms with Crippen LogP contribution < -0.4 is 15.8 Å². The lowest BCUT2D eigenvalue weighted by atomic mass is 10.1. The highest BCUT2D eigenvalue weighted by Gasteiger charge is 2.25. The molecule has 0 aliphatic rings. The van der Waals surface area contributed by atoms with Crippen molar-refractivity contribution in [1.82, 2.24) is 14.9 Å². The molecule has 1 heterocycles. The van der Waals surface area contributed by atoms with Gasteiger partial charge in [0.1, 0.15) is 18.2 Å². The lowest BCUT2D eigenvalue weighted by Gasteiger charge is -2.22. The number of nitrogens with one attached hydrogen (secondary N) is 1. The second kappa shape index (κ2) is 9.73. The first-order chi connectivity index (χ1) is 14.4. The van der Waals surface area contributed by atoms with Gasteiger partial charge in [-0.1, -0.05) is 30.3 Å². The van der Waals surface area contributed by atoms with Crippen molar-refractivity contribution >= 4 is 16.9 Å². The number of nitrogens with two attached hydrogens (primary N) is 1. The van der Waals surface area contributed by atoms with Gasteiger partial charge in [-0.2, -0.15) is 0 Å². The van der Waals surface area contributed by atoms with Gasteiger partial charge in [-0.05, 0) is 38.5 Å². The zero-order valence-corrected chi connectivity index (χ0v) is 17.9. The SMILES string of the molecule is CCOCCn1c(CNC(C)(C)C(N)=O)nc2ccc(OCc3ccccc3)cc21. The molecule has 0 aliphatic carbocycles. The van der Waals surface area contributed by atoms with Gasteiger partial charge in [-0.3, -0.25) is 10.1 Å². The summed E-state index contributed by atoms with van der Waals surface area (Å²) >= 11 is 0. The maximum atomic E-state index is 11.6. The third kappa shape index (κ3) is 5.37. The molecule has 30 heavy (non-hydrogen) atoms. The molecule has 0 unspecified atom stereocenters. The monoisotopic (exact) mass is 410 g/mol. The summed E-state index contributed by atoms with van der Waals surface area (Å²) in [6.07, 6.45) is 0. The van der Waals surface area contributed by atoms with Crippen molar-refractivity contribution in [3.63, 3.8) is 0 Å². The number of fused-ring (bicyclic) bond motifs is 1. The molecule has 3 aromatic rings. The Bertz CT molecular complexity index is 983. The molecule has 0 bridgehead atoms. The molecule has 1 amide bonds. The fraction of sp³-hybridized carbons (Fsp3) is 0.391. The van der Waals surface area contributed by atoms with Gasteiger partial charge in [-0.15, -0.1) is 0 Å². The third-order valence-electron chi connectivity index (χ3n) is 5.01. The zero-order chi connectivity index (χ0) is 21.6. The highest BCUT2D eigenvalue weighted by Crippen LogP contribution is 2.23. The minimum Gasteiger partial charge on any atom is -0.489 e. The number of benzene rings is 2. The second-order valence-corrected chi connectivity index (χ2v) is 7.64. The molecule has 0 spiro atoms. The smallest absolute Gasteiger partial charge is 0.237 e. The minimum absolute atomic E-state index is 0.406. The number of ether oxygens (including phenoxy) is 2. The predicted octanol–water partition coefficient (Wildman–Crippen LogP) is 3.01.